The van der Waals surface area contributed by atoms with E-state index in [2.05, 4.69) is 4.74 Å². The van der Waals surface area contributed by atoms with Crippen LogP contribution in [0.1, 0.15) is 10.8 Å². The van der Waals surface area contributed by atoms with Gasteiger partial charge in [0, 0.05) is 16.6 Å². The maximum atomic E-state index is 11.8. The van der Waals surface area contributed by atoms with Crippen LogP contribution in [0.2, 0.25) is 0 Å². The van der Waals surface area contributed by atoms with Crippen LogP contribution >= 0.6 is 0 Å². The van der Waals surface area contributed by atoms with E-state index in [0.717, 1.165) is 0 Å². The molecule has 88 valence electrons. The summed E-state index contributed by atoms with van der Waals surface area (Å²) in [7, 11) is -0.205. The lowest BCUT2D eigenvalue weighted by Crippen LogP contribution is -2.22. The lowest BCUT2D eigenvalue weighted by atomic mass is 10.1. The number of hydrogen-bond donors (Lipinski definition) is 1. The van der Waals surface area contributed by atoms with Crippen LogP contribution in [0.15, 0.2) is 30.3 Å². The predicted octanol–water partition coefficient (Wildman–Crippen LogP) is 0.642. The van der Waals surface area contributed by atoms with Crippen LogP contribution in [-0.2, 0) is 20.3 Å². The minimum Gasteiger partial charge on any atom is -0.468 e. The second kappa shape index (κ2) is 6.40. The van der Waals surface area contributed by atoms with Gasteiger partial charge >= 0.3 is 5.97 Å². The van der Waals surface area contributed by atoms with Crippen LogP contribution < -0.4 is 0 Å². The zero-order valence-electron chi connectivity index (χ0n) is 8.96. The molecule has 0 aliphatic carbocycles. The quantitative estimate of drug-likeness (QED) is 0.770. The monoisotopic (exact) mass is 242 g/mol. The second-order valence-corrected chi connectivity index (χ2v) is 4.76. The Morgan fingerprint density at radius 3 is 2.56 bits per heavy atom. The van der Waals surface area contributed by atoms with Crippen LogP contribution in [0.3, 0.4) is 0 Å². The highest BCUT2D eigenvalue weighted by molar-refractivity contribution is 7.86. The lowest BCUT2D eigenvalue weighted by molar-refractivity contribution is -0.140. The van der Waals surface area contributed by atoms with E-state index >= 15 is 0 Å². The van der Waals surface area contributed by atoms with Crippen molar-refractivity contribution >= 4 is 16.8 Å². The van der Waals surface area contributed by atoms with Gasteiger partial charge in [0.25, 0.3) is 0 Å². The van der Waals surface area contributed by atoms with Crippen molar-refractivity contribution in [2.75, 3.05) is 19.5 Å². The fraction of sp³-hybridized carbons (Fsp3) is 0.364. The van der Waals surface area contributed by atoms with Crippen molar-refractivity contribution in [2.45, 2.75) is 5.25 Å². The van der Waals surface area contributed by atoms with E-state index in [1.807, 2.05) is 6.07 Å². The van der Waals surface area contributed by atoms with Crippen molar-refractivity contribution < 1.29 is 18.8 Å². The molecule has 1 aromatic carbocycles. The summed E-state index contributed by atoms with van der Waals surface area (Å²) >= 11 is 0. The van der Waals surface area contributed by atoms with Gasteiger partial charge in [-0.25, -0.2) is 0 Å². The Kier molecular flexibility index (Phi) is 5.14. The van der Waals surface area contributed by atoms with E-state index in [-0.39, 0.29) is 12.4 Å². The molecular formula is C11H14O4S. The molecule has 0 saturated carbocycles. The Balaban J connectivity index is 2.97. The molecule has 16 heavy (non-hydrogen) atoms. The molecule has 0 aliphatic rings. The Labute approximate surface area is 96.7 Å². The van der Waals surface area contributed by atoms with Crippen molar-refractivity contribution in [1.29, 1.82) is 0 Å². The number of aliphatic hydroxyl groups is 1. The number of esters is 1. The molecule has 2 atom stereocenters. The normalized spacial score (nSPS) is 14.1. The molecule has 0 bridgehead atoms. The molecule has 0 heterocycles. The topological polar surface area (TPSA) is 63.6 Å². The van der Waals surface area contributed by atoms with E-state index in [4.69, 9.17) is 5.11 Å². The molecule has 0 spiro atoms. The van der Waals surface area contributed by atoms with Gasteiger partial charge in [-0.2, -0.15) is 0 Å². The molecule has 0 aliphatic heterocycles. The number of benzene rings is 1. The van der Waals surface area contributed by atoms with Gasteiger partial charge in [-0.05, 0) is 5.56 Å². The maximum Gasteiger partial charge on any atom is 0.326 e. The molecule has 0 saturated heterocycles. The molecule has 0 fully saturated rings. The third-order valence-electron chi connectivity index (χ3n) is 2.07. The first-order valence-electron chi connectivity index (χ1n) is 4.81. The average molecular weight is 242 g/mol. The number of aliphatic hydroxyl groups excluding tert-OH is 1. The minimum absolute atomic E-state index is 0.0641. The summed E-state index contributed by atoms with van der Waals surface area (Å²) in [6.45, 7) is -0.215. The van der Waals surface area contributed by atoms with E-state index < -0.39 is 22.0 Å². The molecule has 1 aromatic rings. The van der Waals surface area contributed by atoms with Crippen molar-refractivity contribution in [3.05, 3.63) is 35.9 Å². The molecule has 1 N–H and O–H groups in total. The fourth-order valence-electron chi connectivity index (χ4n) is 1.34. The molecule has 5 heteroatoms. The first-order valence-corrected chi connectivity index (χ1v) is 6.19. The van der Waals surface area contributed by atoms with E-state index in [1.165, 1.54) is 7.11 Å². The summed E-state index contributed by atoms with van der Waals surface area (Å²) in [6.07, 6.45) is 0. The molecule has 0 amide bonds. The fourth-order valence-corrected chi connectivity index (χ4v) is 2.53. The number of hydrogen-bond acceptors (Lipinski definition) is 4. The van der Waals surface area contributed by atoms with Gasteiger partial charge in [-0.15, -0.1) is 0 Å². The number of ether oxygens (including phenoxy) is 1. The highest BCUT2D eigenvalue weighted by atomic mass is 32.2. The highest BCUT2D eigenvalue weighted by Crippen LogP contribution is 2.21. The van der Waals surface area contributed by atoms with Crippen molar-refractivity contribution in [3.8, 4) is 0 Å². The first-order chi connectivity index (χ1) is 7.70. The van der Waals surface area contributed by atoms with Gasteiger partial charge in [-0.3, -0.25) is 9.00 Å². The van der Waals surface area contributed by atoms with E-state index in [9.17, 15) is 9.00 Å². The van der Waals surface area contributed by atoms with E-state index in [1.54, 1.807) is 24.3 Å². The second-order valence-electron chi connectivity index (χ2n) is 3.12. The Morgan fingerprint density at radius 1 is 1.44 bits per heavy atom. The van der Waals surface area contributed by atoms with Gasteiger partial charge in [0.05, 0.1) is 13.7 Å². The standard InChI is InChI=1S/C11H14O4S/c1-15-11(13)10(16(14)8-7-12)9-5-3-2-4-6-9/h2-6,10,12H,7-8H2,1H3. The largest absolute Gasteiger partial charge is 0.468 e. The third-order valence-corrected chi connectivity index (χ3v) is 3.65. The van der Waals surface area contributed by atoms with Gasteiger partial charge in [0.15, 0.2) is 5.25 Å². The predicted molar refractivity (Wildman–Crippen MR) is 61.3 cm³/mol. The van der Waals surface area contributed by atoms with E-state index in [0.29, 0.717) is 5.56 Å². The Hall–Kier alpha value is -1.20. The van der Waals surface area contributed by atoms with Gasteiger partial charge in [-0.1, -0.05) is 30.3 Å². The maximum absolute atomic E-state index is 11.8. The third kappa shape index (κ3) is 3.15. The average Bonchev–Trinajstić information content (AvgIpc) is 2.31. The zero-order chi connectivity index (χ0) is 12.0. The zero-order valence-corrected chi connectivity index (χ0v) is 9.78. The summed E-state index contributed by atoms with van der Waals surface area (Å²) in [5.41, 5.74) is 0.640. The smallest absolute Gasteiger partial charge is 0.326 e. The summed E-state index contributed by atoms with van der Waals surface area (Å²) in [6, 6.07) is 8.78. The number of carbonyl (C=O) groups is 1. The van der Waals surface area contributed by atoms with Crippen LogP contribution in [-0.4, -0.2) is 34.8 Å². The lowest BCUT2D eigenvalue weighted by Gasteiger charge is -2.13. The van der Waals surface area contributed by atoms with Gasteiger partial charge < -0.3 is 9.84 Å². The molecular weight excluding hydrogens is 228 g/mol. The molecule has 1 rings (SSSR count). The summed E-state index contributed by atoms with van der Waals surface area (Å²) in [4.78, 5) is 11.5. The number of carbonyl (C=O) groups excluding carboxylic acids is 1. The first kappa shape index (κ1) is 12.9. The van der Waals surface area contributed by atoms with Gasteiger partial charge in [0.2, 0.25) is 0 Å². The summed E-state index contributed by atoms with van der Waals surface area (Å²) in [5.74, 6) is -0.479. The van der Waals surface area contributed by atoms with Crippen molar-refractivity contribution in [2.24, 2.45) is 0 Å². The summed E-state index contributed by atoms with van der Waals surface area (Å²) < 4.78 is 16.4. The van der Waals surface area contributed by atoms with Crippen molar-refractivity contribution in [1.82, 2.24) is 0 Å². The van der Waals surface area contributed by atoms with Crippen LogP contribution in [0.25, 0.3) is 0 Å². The number of rotatable bonds is 5. The Bertz CT molecular complexity index is 364. The van der Waals surface area contributed by atoms with Crippen LogP contribution in [0.4, 0.5) is 0 Å². The van der Waals surface area contributed by atoms with Gasteiger partial charge in [0.1, 0.15) is 0 Å². The van der Waals surface area contributed by atoms with Crippen LogP contribution in [0.5, 0.6) is 0 Å². The molecule has 4 nitrogen and oxygen atoms in total. The molecule has 2 unspecified atom stereocenters. The highest BCUT2D eigenvalue weighted by Gasteiger charge is 2.27. The molecule has 0 radical (unpaired) electrons. The van der Waals surface area contributed by atoms with Crippen LogP contribution in [0, 0.1) is 0 Å². The number of methoxy groups -OCH3 is 1. The Morgan fingerprint density at radius 2 is 2.06 bits per heavy atom. The summed E-state index contributed by atoms with van der Waals surface area (Å²) in [5, 5.41) is 7.92. The van der Waals surface area contributed by atoms with Crippen molar-refractivity contribution in [3.63, 3.8) is 0 Å². The molecule has 0 aromatic heterocycles. The minimum atomic E-state index is -1.46. The SMILES string of the molecule is COC(=O)C(c1ccccc1)S(=O)CCO.